The van der Waals surface area contributed by atoms with Crippen LogP contribution in [0.1, 0.15) is 43.7 Å². The Morgan fingerprint density at radius 2 is 1.90 bits per heavy atom. The van der Waals surface area contributed by atoms with E-state index in [1.165, 1.54) is 6.20 Å². The number of aromatic nitrogens is 1. The number of hydrogen-bond donors (Lipinski definition) is 1. The third-order valence-corrected chi connectivity index (χ3v) is 3.84. The first kappa shape index (κ1) is 14.5. The maximum atomic E-state index is 11.6. The van der Waals surface area contributed by atoms with Crippen LogP contribution in [0.2, 0.25) is 0 Å². The number of pyridine rings is 1. The molecule has 2 heterocycles. The van der Waals surface area contributed by atoms with Crippen molar-refractivity contribution in [2.45, 2.75) is 38.9 Å². The molecule has 0 spiro atoms. The van der Waals surface area contributed by atoms with Gasteiger partial charge in [0.15, 0.2) is 5.69 Å². The van der Waals surface area contributed by atoms with Crippen LogP contribution in [-0.2, 0) is 9.31 Å². The van der Waals surface area contributed by atoms with Crippen LogP contribution in [0, 0.1) is 11.3 Å². The summed E-state index contributed by atoms with van der Waals surface area (Å²) in [6.07, 6.45) is 1.44. The lowest BCUT2D eigenvalue weighted by molar-refractivity contribution is 0.00578. The average Bonchev–Trinajstić information content (AvgIpc) is 2.57. The molecule has 1 fully saturated rings. The Balaban J connectivity index is 2.51. The molecular formula is C13H16BN3O3. The van der Waals surface area contributed by atoms with E-state index >= 15 is 0 Å². The van der Waals surface area contributed by atoms with Gasteiger partial charge in [0.1, 0.15) is 6.07 Å². The quantitative estimate of drug-likeness (QED) is 0.784. The van der Waals surface area contributed by atoms with E-state index < -0.39 is 24.2 Å². The summed E-state index contributed by atoms with van der Waals surface area (Å²) in [6, 6.07) is 3.45. The van der Waals surface area contributed by atoms with E-state index in [2.05, 4.69) is 4.98 Å². The summed E-state index contributed by atoms with van der Waals surface area (Å²) in [6.45, 7) is 7.62. The molecule has 6 nitrogen and oxygen atoms in total. The van der Waals surface area contributed by atoms with Crippen molar-refractivity contribution >= 4 is 18.5 Å². The number of nitrogens with zero attached hydrogens (tertiary/aromatic N) is 2. The van der Waals surface area contributed by atoms with Gasteiger partial charge in [-0.05, 0) is 39.2 Å². The Labute approximate surface area is 118 Å². The van der Waals surface area contributed by atoms with Crippen molar-refractivity contribution in [3.8, 4) is 6.07 Å². The van der Waals surface area contributed by atoms with Crippen LogP contribution in [0.25, 0.3) is 0 Å². The molecule has 1 aromatic heterocycles. The smallest absolute Gasteiger partial charge is 0.399 e. The first-order valence-corrected chi connectivity index (χ1v) is 6.24. The largest absolute Gasteiger partial charge is 0.495 e. The van der Waals surface area contributed by atoms with E-state index in [4.69, 9.17) is 20.3 Å². The van der Waals surface area contributed by atoms with Gasteiger partial charge in [0.05, 0.1) is 16.8 Å². The Kier molecular flexibility index (Phi) is 3.32. The van der Waals surface area contributed by atoms with Crippen molar-refractivity contribution < 1.29 is 14.1 Å². The average molecular weight is 273 g/mol. The molecule has 104 valence electrons. The number of hydrogen-bond acceptors (Lipinski definition) is 5. The molecule has 1 aliphatic rings. The van der Waals surface area contributed by atoms with Crippen molar-refractivity contribution in [3.05, 3.63) is 23.5 Å². The minimum atomic E-state index is -0.752. The van der Waals surface area contributed by atoms with E-state index in [-0.39, 0.29) is 11.3 Å². The number of rotatable bonds is 2. The number of primary amides is 1. The van der Waals surface area contributed by atoms with Gasteiger partial charge < -0.3 is 15.0 Å². The van der Waals surface area contributed by atoms with Crippen LogP contribution in [-0.4, -0.2) is 29.2 Å². The Hall–Kier alpha value is -1.91. The highest BCUT2D eigenvalue weighted by Crippen LogP contribution is 2.36. The fraction of sp³-hybridized carbons (Fsp3) is 0.462. The van der Waals surface area contributed by atoms with E-state index in [1.54, 1.807) is 6.07 Å². The van der Waals surface area contributed by atoms with Crippen LogP contribution in [0.3, 0.4) is 0 Å². The fourth-order valence-electron chi connectivity index (χ4n) is 1.99. The van der Waals surface area contributed by atoms with Crippen molar-refractivity contribution in [1.29, 1.82) is 5.26 Å². The van der Waals surface area contributed by atoms with Gasteiger partial charge in [-0.25, -0.2) is 4.98 Å². The number of carbonyl (C=O) groups excluding carboxylic acids is 1. The van der Waals surface area contributed by atoms with Gasteiger partial charge in [-0.15, -0.1) is 0 Å². The van der Waals surface area contributed by atoms with Crippen molar-refractivity contribution in [3.63, 3.8) is 0 Å². The summed E-state index contributed by atoms with van der Waals surface area (Å²) in [5.41, 5.74) is 4.73. The third kappa shape index (κ3) is 2.17. The molecule has 0 aliphatic carbocycles. The molecule has 1 saturated heterocycles. The summed E-state index contributed by atoms with van der Waals surface area (Å²) in [4.78, 5) is 15.5. The highest BCUT2D eigenvalue weighted by Gasteiger charge is 2.52. The highest BCUT2D eigenvalue weighted by molar-refractivity contribution is 6.63. The van der Waals surface area contributed by atoms with Gasteiger partial charge >= 0.3 is 7.12 Å². The number of amides is 1. The molecule has 0 bridgehead atoms. The van der Waals surface area contributed by atoms with E-state index in [0.29, 0.717) is 5.46 Å². The van der Waals surface area contributed by atoms with Crippen LogP contribution in [0.15, 0.2) is 12.3 Å². The van der Waals surface area contributed by atoms with Gasteiger partial charge in [-0.3, -0.25) is 4.79 Å². The first-order valence-electron chi connectivity index (χ1n) is 6.24. The molecule has 1 amide bonds. The molecule has 2 N–H and O–H groups in total. The zero-order valence-corrected chi connectivity index (χ0v) is 11.9. The summed E-state index contributed by atoms with van der Waals surface area (Å²) in [7, 11) is -0.752. The predicted octanol–water partition coefficient (Wildman–Crippen LogP) is 0.351. The molecule has 0 radical (unpaired) electrons. The van der Waals surface area contributed by atoms with Gasteiger partial charge in [0, 0.05) is 6.20 Å². The maximum Gasteiger partial charge on any atom is 0.495 e. The van der Waals surface area contributed by atoms with Crippen LogP contribution >= 0.6 is 0 Å². The van der Waals surface area contributed by atoms with Gasteiger partial charge in [-0.1, -0.05) is 0 Å². The van der Waals surface area contributed by atoms with Crippen LogP contribution in [0.4, 0.5) is 0 Å². The number of carbonyl (C=O) groups is 1. The Bertz CT molecular complexity index is 591. The molecule has 1 aliphatic heterocycles. The first-order chi connectivity index (χ1) is 9.19. The molecule has 20 heavy (non-hydrogen) atoms. The van der Waals surface area contributed by atoms with E-state index in [0.717, 1.165) is 0 Å². The summed E-state index contributed by atoms with van der Waals surface area (Å²) < 4.78 is 11.7. The molecule has 0 saturated carbocycles. The molecule has 7 heteroatoms. The molecule has 1 aromatic rings. The number of nitriles is 1. The summed E-state index contributed by atoms with van der Waals surface area (Å²) in [5, 5.41) is 9.04. The Morgan fingerprint density at radius 1 is 1.35 bits per heavy atom. The van der Waals surface area contributed by atoms with Gasteiger partial charge in [0.25, 0.3) is 5.91 Å². The molecule has 0 unspecified atom stereocenters. The molecule has 0 aromatic carbocycles. The maximum absolute atomic E-state index is 11.6. The van der Waals surface area contributed by atoms with Crippen molar-refractivity contribution in [2.75, 3.05) is 0 Å². The topological polar surface area (TPSA) is 98.2 Å². The SMILES string of the molecule is CC1(C)OB(c2ccnc(C#N)c2C(N)=O)OC1(C)C. The second-order valence-corrected chi connectivity index (χ2v) is 5.69. The lowest BCUT2D eigenvalue weighted by Crippen LogP contribution is -2.41. The fourth-order valence-corrected chi connectivity index (χ4v) is 1.99. The normalized spacial score (nSPS) is 19.6. The zero-order chi connectivity index (χ0) is 15.1. The monoisotopic (exact) mass is 273 g/mol. The lowest BCUT2D eigenvalue weighted by atomic mass is 9.75. The second kappa shape index (κ2) is 4.58. The minimum absolute atomic E-state index is 0.0234. The van der Waals surface area contributed by atoms with Gasteiger partial charge in [-0.2, -0.15) is 5.26 Å². The predicted molar refractivity (Wildman–Crippen MR) is 73.2 cm³/mol. The second-order valence-electron chi connectivity index (χ2n) is 5.69. The van der Waals surface area contributed by atoms with E-state index in [9.17, 15) is 4.79 Å². The molecule has 0 atom stereocenters. The van der Waals surface area contributed by atoms with Crippen LogP contribution < -0.4 is 11.2 Å². The highest BCUT2D eigenvalue weighted by atomic mass is 16.7. The Morgan fingerprint density at radius 3 is 2.35 bits per heavy atom. The van der Waals surface area contributed by atoms with Crippen molar-refractivity contribution in [1.82, 2.24) is 4.98 Å². The minimum Gasteiger partial charge on any atom is -0.399 e. The van der Waals surface area contributed by atoms with Gasteiger partial charge in [0.2, 0.25) is 0 Å². The number of nitrogens with two attached hydrogens (primary N) is 1. The molecular weight excluding hydrogens is 257 g/mol. The molecule has 2 rings (SSSR count). The third-order valence-electron chi connectivity index (χ3n) is 3.84. The van der Waals surface area contributed by atoms with Crippen molar-refractivity contribution in [2.24, 2.45) is 5.73 Å². The summed E-state index contributed by atoms with van der Waals surface area (Å²) >= 11 is 0. The van der Waals surface area contributed by atoms with Crippen LogP contribution in [0.5, 0.6) is 0 Å². The standard InChI is InChI=1S/C13H16BN3O3/c1-12(2)13(3,4)20-14(19-12)8-5-6-17-9(7-15)10(8)11(16)18/h5-6H,1-4H3,(H2,16,18). The summed E-state index contributed by atoms with van der Waals surface area (Å²) in [5.74, 6) is -0.723. The lowest BCUT2D eigenvalue weighted by Gasteiger charge is -2.32. The van der Waals surface area contributed by atoms with E-state index in [1.807, 2.05) is 33.8 Å². The zero-order valence-electron chi connectivity index (χ0n) is 11.9.